The predicted molar refractivity (Wildman–Crippen MR) is 84.9 cm³/mol. The number of nitrogens with zero attached hydrogens (tertiary/aromatic N) is 4. The second kappa shape index (κ2) is 6.76. The lowest BCUT2D eigenvalue weighted by atomic mass is 10.1. The van der Waals surface area contributed by atoms with Gasteiger partial charge in [-0.05, 0) is 44.0 Å². The fourth-order valence-corrected chi connectivity index (χ4v) is 2.66. The molecule has 0 aliphatic heterocycles. The van der Waals surface area contributed by atoms with Crippen LogP contribution in [0.1, 0.15) is 18.1 Å². The number of aryl methyl sites for hydroxylation is 2. The van der Waals surface area contributed by atoms with Crippen molar-refractivity contribution in [1.82, 2.24) is 19.7 Å². The van der Waals surface area contributed by atoms with Crippen molar-refractivity contribution < 1.29 is 4.79 Å². The highest BCUT2D eigenvalue weighted by Gasteiger charge is 2.12. The van der Waals surface area contributed by atoms with Gasteiger partial charge < -0.3 is 4.90 Å². The van der Waals surface area contributed by atoms with Crippen LogP contribution < -0.4 is 0 Å². The topological polar surface area (TPSA) is 51.0 Å². The van der Waals surface area contributed by atoms with Crippen molar-refractivity contribution in [2.75, 3.05) is 19.3 Å². The van der Waals surface area contributed by atoms with Crippen LogP contribution in [-0.2, 0) is 4.79 Å². The summed E-state index contributed by atoms with van der Waals surface area (Å²) in [6.45, 7) is 6.83. The van der Waals surface area contributed by atoms with E-state index in [0.717, 1.165) is 10.8 Å². The zero-order chi connectivity index (χ0) is 15.4. The first kappa shape index (κ1) is 15.6. The standard InChI is InChI=1S/C15H20N4OS/c1-5-18(4)14(20)9-21-15-17-16-10-19(15)13-7-6-11(2)12(3)8-13/h6-8,10H,5,9H2,1-4H3. The van der Waals surface area contributed by atoms with E-state index in [9.17, 15) is 4.79 Å². The zero-order valence-electron chi connectivity index (χ0n) is 12.8. The predicted octanol–water partition coefficient (Wildman–Crippen LogP) is 2.45. The van der Waals surface area contributed by atoms with Gasteiger partial charge in [-0.15, -0.1) is 10.2 Å². The van der Waals surface area contributed by atoms with Crippen LogP contribution in [0.5, 0.6) is 0 Å². The van der Waals surface area contributed by atoms with E-state index < -0.39 is 0 Å². The summed E-state index contributed by atoms with van der Waals surface area (Å²) in [5.74, 6) is 0.463. The third-order valence-electron chi connectivity index (χ3n) is 3.51. The number of benzene rings is 1. The lowest BCUT2D eigenvalue weighted by Gasteiger charge is -2.14. The highest BCUT2D eigenvalue weighted by Crippen LogP contribution is 2.21. The molecule has 1 aromatic carbocycles. The zero-order valence-corrected chi connectivity index (χ0v) is 13.6. The molecule has 112 valence electrons. The second-order valence-electron chi connectivity index (χ2n) is 4.95. The van der Waals surface area contributed by atoms with Crippen LogP contribution in [0.3, 0.4) is 0 Å². The Morgan fingerprint density at radius 3 is 2.76 bits per heavy atom. The van der Waals surface area contributed by atoms with E-state index in [1.807, 2.05) is 17.6 Å². The Hall–Kier alpha value is -1.82. The van der Waals surface area contributed by atoms with Crippen LogP contribution in [-0.4, -0.2) is 44.9 Å². The maximum Gasteiger partial charge on any atom is 0.232 e. The molecule has 0 saturated carbocycles. The van der Waals surface area contributed by atoms with E-state index >= 15 is 0 Å². The minimum atomic E-state index is 0.0946. The van der Waals surface area contributed by atoms with Crippen LogP contribution in [0, 0.1) is 13.8 Å². The number of hydrogen-bond donors (Lipinski definition) is 0. The Bertz CT molecular complexity index is 638. The molecule has 0 saturated heterocycles. The second-order valence-corrected chi connectivity index (χ2v) is 5.89. The summed E-state index contributed by atoms with van der Waals surface area (Å²) in [7, 11) is 1.80. The van der Waals surface area contributed by atoms with Gasteiger partial charge in [0.1, 0.15) is 6.33 Å². The first-order chi connectivity index (χ1) is 10.0. The Balaban J connectivity index is 2.15. The molecule has 0 aliphatic carbocycles. The number of hydrogen-bond acceptors (Lipinski definition) is 4. The first-order valence-electron chi connectivity index (χ1n) is 6.87. The third kappa shape index (κ3) is 3.64. The van der Waals surface area contributed by atoms with Crippen molar-refractivity contribution >= 4 is 17.7 Å². The van der Waals surface area contributed by atoms with E-state index in [0.29, 0.717) is 12.3 Å². The van der Waals surface area contributed by atoms with Gasteiger partial charge in [0, 0.05) is 19.3 Å². The summed E-state index contributed by atoms with van der Waals surface area (Å²) in [6, 6.07) is 6.22. The van der Waals surface area contributed by atoms with Gasteiger partial charge >= 0.3 is 0 Å². The summed E-state index contributed by atoms with van der Waals surface area (Å²) in [4.78, 5) is 13.6. The van der Waals surface area contributed by atoms with Crippen molar-refractivity contribution in [3.05, 3.63) is 35.7 Å². The van der Waals surface area contributed by atoms with Gasteiger partial charge in [-0.1, -0.05) is 17.8 Å². The lowest BCUT2D eigenvalue weighted by molar-refractivity contribution is -0.126. The molecule has 0 aliphatic rings. The molecule has 21 heavy (non-hydrogen) atoms. The SMILES string of the molecule is CCN(C)C(=O)CSc1nncn1-c1ccc(C)c(C)c1. The van der Waals surface area contributed by atoms with Gasteiger partial charge in [-0.25, -0.2) is 0 Å². The lowest BCUT2D eigenvalue weighted by Crippen LogP contribution is -2.27. The number of thioether (sulfide) groups is 1. The molecule has 0 unspecified atom stereocenters. The third-order valence-corrected chi connectivity index (χ3v) is 4.44. The van der Waals surface area contributed by atoms with Gasteiger partial charge in [0.2, 0.25) is 5.91 Å². The summed E-state index contributed by atoms with van der Waals surface area (Å²) in [5.41, 5.74) is 3.49. The number of rotatable bonds is 5. The molecule has 1 aromatic heterocycles. The van der Waals surface area contributed by atoms with E-state index in [1.54, 1.807) is 18.3 Å². The molecule has 0 fully saturated rings. The van der Waals surface area contributed by atoms with Crippen LogP contribution >= 0.6 is 11.8 Å². The maximum atomic E-state index is 11.9. The number of carbonyl (C=O) groups excluding carboxylic acids is 1. The largest absolute Gasteiger partial charge is 0.345 e. The van der Waals surface area contributed by atoms with Gasteiger partial charge in [-0.2, -0.15) is 0 Å². The monoisotopic (exact) mass is 304 g/mol. The van der Waals surface area contributed by atoms with Crippen LogP contribution in [0.25, 0.3) is 5.69 Å². The van der Waals surface area contributed by atoms with Gasteiger partial charge in [0.15, 0.2) is 5.16 Å². The summed E-state index contributed by atoms with van der Waals surface area (Å²) in [5, 5.41) is 8.80. The smallest absolute Gasteiger partial charge is 0.232 e. The van der Waals surface area contributed by atoms with Crippen LogP contribution in [0.2, 0.25) is 0 Å². The summed E-state index contributed by atoms with van der Waals surface area (Å²) >= 11 is 1.41. The van der Waals surface area contributed by atoms with Crippen LogP contribution in [0.15, 0.2) is 29.7 Å². The van der Waals surface area contributed by atoms with Crippen molar-refractivity contribution in [3.63, 3.8) is 0 Å². The molecule has 0 N–H and O–H groups in total. The van der Waals surface area contributed by atoms with Crippen molar-refractivity contribution in [2.45, 2.75) is 25.9 Å². The molecule has 0 bridgehead atoms. The van der Waals surface area contributed by atoms with E-state index in [2.05, 4.69) is 36.2 Å². The Morgan fingerprint density at radius 2 is 2.10 bits per heavy atom. The Morgan fingerprint density at radius 1 is 1.33 bits per heavy atom. The quantitative estimate of drug-likeness (QED) is 0.796. The summed E-state index contributed by atoms with van der Waals surface area (Å²) < 4.78 is 1.91. The molecule has 2 rings (SSSR count). The van der Waals surface area contributed by atoms with Gasteiger partial charge in [0.25, 0.3) is 0 Å². The molecule has 1 amide bonds. The molecule has 0 radical (unpaired) electrons. The van der Waals surface area contributed by atoms with E-state index in [4.69, 9.17) is 0 Å². The molecule has 2 aromatic rings. The average molecular weight is 304 g/mol. The first-order valence-corrected chi connectivity index (χ1v) is 7.86. The van der Waals surface area contributed by atoms with Crippen LogP contribution in [0.4, 0.5) is 0 Å². The molecule has 1 heterocycles. The normalized spacial score (nSPS) is 10.7. The fourth-order valence-electron chi connectivity index (χ4n) is 1.79. The van der Waals surface area contributed by atoms with E-state index in [1.165, 1.54) is 22.9 Å². The summed E-state index contributed by atoms with van der Waals surface area (Å²) in [6.07, 6.45) is 1.68. The molecule has 5 nitrogen and oxygen atoms in total. The number of carbonyl (C=O) groups is 1. The minimum absolute atomic E-state index is 0.0946. The fraction of sp³-hybridized carbons (Fsp3) is 0.400. The Kier molecular flexibility index (Phi) is 5.01. The minimum Gasteiger partial charge on any atom is -0.345 e. The van der Waals surface area contributed by atoms with Crippen molar-refractivity contribution in [2.24, 2.45) is 0 Å². The molecule has 0 atom stereocenters. The molecular weight excluding hydrogens is 284 g/mol. The molecule has 0 spiro atoms. The Labute approximate surface area is 129 Å². The van der Waals surface area contributed by atoms with E-state index in [-0.39, 0.29) is 5.91 Å². The average Bonchev–Trinajstić information content (AvgIpc) is 2.95. The van der Waals surface area contributed by atoms with Gasteiger partial charge in [-0.3, -0.25) is 9.36 Å². The van der Waals surface area contributed by atoms with Crippen molar-refractivity contribution in [3.8, 4) is 5.69 Å². The molecular formula is C15H20N4OS. The highest BCUT2D eigenvalue weighted by atomic mass is 32.2. The highest BCUT2D eigenvalue weighted by molar-refractivity contribution is 7.99. The molecule has 6 heteroatoms. The van der Waals surface area contributed by atoms with Gasteiger partial charge in [0.05, 0.1) is 5.75 Å². The maximum absolute atomic E-state index is 11.9. The number of amides is 1. The number of aromatic nitrogens is 3. The van der Waals surface area contributed by atoms with Crippen molar-refractivity contribution in [1.29, 1.82) is 0 Å².